The summed E-state index contributed by atoms with van der Waals surface area (Å²) in [4.78, 5) is 4.31. The van der Waals surface area contributed by atoms with Gasteiger partial charge in [0.2, 0.25) is 0 Å². The van der Waals surface area contributed by atoms with E-state index in [1.807, 2.05) is 6.92 Å². The molecule has 0 aromatic rings. The van der Waals surface area contributed by atoms with Crippen molar-refractivity contribution in [1.82, 2.24) is 0 Å². The Bertz CT molecular complexity index is 132. The van der Waals surface area contributed by atoms with Crippen LogP contribution >= 0.6 is 0 Å². The number of ether oxygens (including phenoxy) is 1. The Labute approximate surface area is 74.5 Å². The van der Waals surface area contributed by atoms with Crippen molar-refractivity contribution in [2.24, 2.45) is 10.9 Å². The fourth-order valence-electron chi connectivity index (χ4n) is 0.636. The Morgan fingerprint density at radius 3 is 2.58 bits per heavy atom. The van der Waals surface area contributed by atoms with Gasteiger partial charge in [-0.2, -0.15) is 0 Å². The fraction of sp³-hybridized carbons (Fsp3) is 0.889. The highest BCUT2D eigenvalue weighted by Gasteiger charge is 1.95. The summed E-state index contributed by atoms with van der Waals surface area (Å²) in [5, 5.41) is 8.40. The van der Waals surface area contributed by atoms with Crippen LogP contribution in [0.15, 0.2) is 4.99 Å². The van der Waals surface area contributed by atoms with E-state index in [0.29, 0.717) is 25.7 Å². The van der Waals surface area contributed by atoms with E-state index in [1.165, 1.54) is 0 Å². The smallest absolute Gasteiger partial charge is 0.0698 e. The standard InChI is InChI=1S/C9H19NO2/c1-8(2)9(3)10-4-6-12-7-5-11/h8,11H,4-7H2,1-3H3/b10-9+. The van der Waals surface area contributed by atoms with E-state index in [-0.39, 0.29) is 6.61 Å². The molecule has 0 aromatic carbocycles. The maximum absolute atomic E-state index is 8.40. The van der Waals surface area contributed by atoms with Crippen LogP contribution in [-0.4, -0.2) is 37.2 Å². The van der Waals surface area contributed by atoms with Crippen LogP contribution in [-0.2, 0) is 4.74 Å². The van der Waals surface area contributed by atoms with Gasteiger partial charge in [0.15, 0.2) is 0 Å². The lowest BCUT2D eigenvalue weighted by Crippen LogP contribution is -2.07. The van der Waals surface area contributed by atoms with E-state index in [1.54, 1.807) is 0 Å². The average molecular weight is 173 g/mol. The third kappa shape index (κ3) is 6.31. The van der Waals surface area contributed by atoms with E-state index in [2.05, 4.69) is 18.8 Å². The fourth-order valence-corrected chi connectivity index (χ4v) is 0.636. The quantitative estimate of drug-likeness (QED) is 0.483. The molecule has 0 bridgehead atoms. The number of rotatable bonds is 6. The van der Waals surface area contributed by atoms with Crippen molar-refractivity contribution in [3.8, 4) is 0 Å². The normalized spacial score (nSPS) is 12.6. The Morgan fingerprint density at radius 1 is 1.42 bits per heavy atom. The summed E-state index contributed by atoms with van der Waals surface area (Å²) in [6.07, 6.45) is 0. The zero-order valence-corrected chi connectivity index (χ0v) is 8.21. The van der Waals surface area contributed by atoms with Crippen LogP contribution in [0.3, 0.4) is 0 Å². The minimum absolute atomic E-state index is 0.0902. The predicted octanol–water partition coefficient (Wildman–Crippen LogP) is 1.11. The average Bonchev–Trinajstić information content (AvgIpc) is 2.03. The number of aliphatic imine (C=N–C) groups is 1. The molecule has 3 heteroatoms. The summed E-state index contributed by atoms with van der Waals surface area (Å²) < 4.78 is 5.06. The van der Waals surface area contributed by atoms with Crippen molar-refractivity contribution in [3.63, 3.8) is 0 Å². The molecule has 0 radical (unpaired) electrons. The van der Waals surface area contributed by atoms with Crippen LogP contribution < -0.4 is 0 Å². The van der Waals surface area contributed by atoms with Gasteiger partial charge in [-0.3, -0.25) is 4.99 Å². The number of hydrogen-bond donors (Lipinski definition) is 1. The molecule has 72 valence electrons. The van der Waals surface area contributed by atoms with E-state index in [4.69, 9.17) is 9.84 Å². The minimum Gasteiger partial charge on any atom is -0.394 e. The van der Waals surface area contributed by atoms with Gasteiger partial charge in [0.1, 0.15) is 0 Å². The van der Waals surface area contributed by atoms with Gasteiger partial charge in [0.25, 0.3) is 0 Å². The van der Waals surface area contributed by atoms with Crippen molar-refractivity contribution in [3.05, 3.63) is 0 Å². The van der Waals surface area contributed by atoms with Crippen molar-refractivity contribution < 1.29 is 9.84 Å². The molecule has 0 rings (SSSR count). The zero-order valence-electron chi connectivity index (χ0n) is 8.21. The number of nitrogens with zero attached hydrogens (tertiary/aromatic N) is 1. The molecule has 0 amide bonds. The van der Waals surface area contributed by atoms with Crippen molar-refractivity contribution >= 4 is 5.71 Å². The first-order valence-electron chi connectivity index (χ1n) is 4.38. The third-order valence-electron chi connectivity index (χ3n) is 1.67. The largest absolute Gasteiger partial charge is 0.394 e. The molecule has 0 aliphatic carbocycles. The minimum atomic E-state index is 0.0902. The third-order valence-corrected chi connectivity index (χ3v) is 1.67. The molecule has 0 aliphatic heterocycles. The van der Waals surface area contributed by atoms with E-state index in [9.17, 15) is 0 Å². The molecule has 0 aromatic heterocycles. The van der Waals surface area contributed by atoms with Crippen molar-refractivity contribution in [2.75, 3.05) is 26.4 Å². The van der Waals surface area contributed by atoms with E-state index in [0.717, 1.165) is 5.71 Å². The Balaban J connectivity index is 3.34. The van der Waals surface area contributed by atoms with E-state index >= 15 is 0 Å². The SMILES string of the molecule is C/C(=N\CCOCCO)C(C)C. The monoisotopic (exact) mass is 173 g/mol. The number of aliphatic hydroxyl groups excluding tert-OH is 1. The van der Waals surface area contributed by atoms with Crippen LogP contribution in [0.2, 0.25) is 0 Å². The van der Waals surface area contributed by atoms with Crippen LogP contribution in [0.1, 0.15) is 20.8 Å². The van der Waals surface area contributed by atoms with Crippen LogP contribution in [0.25, 0.3) is 0 Å². The van der Waals surface area contributed by atoms with Gasteiger partial charge in [-0.1, -0.05) is 13.8 Å². The maximum Gasteiger partial charge on any atom is 0.0698 e. The molecule has 0 saturated heterocycles. The molecule has 0 aliphatic rings. The van der Waals surface area contributed by atoms with Gasteiger partial charge in [-0.25, -0.2) is 0 Å². The molecule has 0 spiro atoms. The van der Waals surface area contributed by atoms with Gasteiger partial charge in [-0.05, 0) is 12.8 Å². The highest BCUT2D eigenvalue weighted by molar-refractivity contribution is 5.83. The number of hydrogen-bond acceptors (Lipinski definition) is 3. The van der Waals surface area contributed by atoms with Gasteiger partial charge in [0, 0.05) is 5.71 Å². The van der Waals surface area contributed by atoms with Gasteiger partial charge in [0.05, 0.1) is 26.4 Å². The van der Waals surface area contributed by atoms with E-state index < -0.39 is 0 Å². The molecule has 0 unspecified atom stereocenters. The predicted molar refractivity (Wildman–Crippen MR) is 50.7 cm³/mol. The lowest BCUT2D eigenvalue weighted by atomic mass is 10.1. The zero-order chi connectivity index (χ0) is 9.40. The molecule has 0 heterocycles. The van der Waals surface area contributed by atoms with Gasteiger partial charge < -0.3 is 9.84 Å². The Hall–Kier alpha value is -0.410. The molecular weight excluding hydrogens is 154 g/mol. The first-order chi connectivity index (χ1) is 5.68. The van der Waals surface area contributed by atoms with Gasteiger partial charge >= 0.3 is 0 Å². The molecule has 0 saturated carbocycles. The highest BCUT2D eigenvalue weighted by Crippen LogP contribution is 1.95. The summed E-state index contributed by atoms with van der Waals surface area (Å²) in [6.45, 7) is 8.06. The lowest BCUT2D eigenvalue weighted by Gasteiger charge is -2.04. The van der Waals surface area contributed by atoms with Gasteiger partial charge in [-0.15, -0.1) is 0 Å². The van der Waals surface area contributed by atoms with Crippen molar-refractivity contribution in [1.29, 1.82) is 0 Å². The van der Waals surface area contributed by atoms with Crippen LogP contribution in [0, 0.1) is 5.92 Å². The molecule has 0 fully saturated rings. The Kier molecular flexibility index (Phi) is 7.00. The lowest BCUT2D eigenvalue weighted by molar-refractivity contribution is 0.0977. The summed E-state index contributed by atoms with van der Waals surface area (Å²) >= 11 is 0. The topological polar surface area (TPSA) is 41.8 Å². The summed E-state index contributed by atoms with van der Waals surface area (Å²) in [6, 6.07) is 0. The first kappa shape index (κ1) is 11.6. The summed E-state index contributed by atoms with van der Waals surface area (Å²) in [5.41, 5.74) is 1.16. The van der Waals surface area contributed by atoms with Crippen molar-refractivity contribution in [2.45, 2.75) is 20.8 Å². The maximum atomic E-state index is 8.40. The molecule has 12 heavy (non-hydrogen) atoms. The second-order valence-electron chi connectivity index (χ2n) is 3.01. The highest BCUT2D eigenvalue weighted by atomic mass is 16.5. The second-order valence-corrected chi connectivity index (χ2v) is 3.01. The molecule has 3 nitrogen and oxygen atoms in total. The second kappa shape index (κ2) is 7.25. The summed E-state index contributed by atoms with van der Waals surface area (Å²) in [7, 11) is 0. The summed E-state index contributed by atoms with van der Waals surface area (Å²) in [5.74, 6) is 0.517. The first-order valence-corrected chi connectivity index (χ1v) is 4.38. The number of aliphatic hydroxyl groups is 1. The molecular formula is C9H19NO2. The van der Waals surface area contributed by atoms with Crippen LogP contribution in [0.5, 0.6) is 0 Å². The van der Waals surface area contributed by atoms with Crippen LogP contribution in [0.4, 0.5) is 0 Å². The molecule has 1 N–H and O–H groups in total. The Morgan fingerprint density at radius 2 is 2.08 bits per heavy atom. The molecule has 0 atom stereocenters.